The van der Waals surface area contributed by atoms with Gasteiger partial charge in [-0.2, -0.15) is 11.8 Å². The molecule has 0 fully saturated rings. The van der Waals surface area contributed by atoms with Gasteiger partial charge in [0.15, 0.2) is 0 Å². The fourth-order valence-electron chi connectivity index (χ4n) is 2.26. The first kappa shape index (κ1) is 13.7. The molecule has 0 radical (unpaired) electrons. The molecule has 1 aromatic rings. The largest absolute Gasteiger partial charge is 0.370 e. The van der Waals surface area contributed by atoms with Crippen molar-refractivity contribution in [1.29, 1.82) is 0 Å². The van der Waals surface area contributed by atoms with E-state index in [1.54, 1.807) is 0 Å². The Balaban J connectivity index is 2.23. The third-order valence-corrected chi connectivity index (χ3v) is 4.21. The molecule has 0 unspecified atom stereocenters. The molecule has 4 heteroatoms. The third kappa shape index (κ3) is 3.37. The van der Waals surface area contributed by atoms with Gasteiger partial charge in [0, 0.05) is 17.8 Å². The molecule has 1 heterocycles. The highest BCUT2D eigenvalue weighted by molar-refractivity contribution is 7.99. The second kappa shape index (κ2) is 6.41. The van der Waals surface area contributed by atoms with Crippen LogP contribution in [0.4, 0.5) is 5.82 Å². The second-order valence-corrected chi connectivity index (χ2v) is 6.58. The first-order valence-corrected chi connectivity index (χ1v) is 7.99. The maximum atomic E-state index is 4.76. The zero-order chi connectivity index (χ0) is 13.0. The van der Waals surface area contributed by atoms with Crippen molar-refractivity contribution in [2.24, 2.45) is 0 Å². The minimum absolute atomic E-state index is 0.632. The molecule has 0 saturated heterocycles. The number of rotatable bonds is 5. The van der Waals surface area contributed by atoms with Crippen LogP contribution in [0.25, 0.3) is 0 Å². The highest BCUT2D eigenvalue weighted by Crippen LogP contribution is 2.26. The summed E-state index contributed by atoms with van der Waals surface area (Å²) in [6.07, 6.45) is 4.80. The monoisotopic (exact) mass is 265 g/mol. The Morgan fingerprint density at radius 1 is 1.22 bits per heavy atom. The van der Waals surface area contributed by atoms with Crippen molar-refractivity contribution in [3.63, 3.8) is 0 Å². The third-order valence-electron chi connectivity index (χ3n) is 3.12. The van der Waals surface area contributed by atoms with Gasteiger partial charge < -0.3 is 5.32 Å². The lowest BCUT2D eigenvalue weighted by Crippen LogP contribution is -2.14. The number of aromatic nitrogens is 2. The number of thioether (sulfide) groups is 1. The molecule has 0 aliphatic heterocycles. The minimum Gasteiger partial charge on any atom is -0.370 e. The molecule has 0 aromatic carbocycles. The van der Waals surface area contributed by atoms with Crippen molar-refractivity contribution in [3.8, 4) is 0 Å². The van der Waals surface area contributed by atoms with E-state index in [1.165, 1.54) is 24.1 Å². The van der Waals surface area contributed by atoms with Crippen molar-refractivity contribution >= 4 is 17.6 Å². The molecule has 0 saturated carbocycles. The fraction of sp³-hybridized carbons (Fsp3) is 0.714. The topological polar surface area (TPSA) is 37.8 Å². The highest BCUT2D eigenvalue weighted by Gasteiger charge is 2.17. The summed E-state index contributed by atoms with van der Waals surface area (Å²) in [5.74, 6) is 3.00. The number of nitrogens with one attached hydrogen (secondary N) is 1. The maximum Gasteiger partial charge on any atom is 0.140 e. The number of anilines is 1. The van der Waals surface area contributed by atoms with E-state index in [9.17, 15) is 0 Å². The van der Waals surface area contributed by atoms with Crippen LogP contribution in [-0.4, -0.2) is 21.8 Å². The van der Waals surface area contributed by atoms with Gasteiger partial charge in [0.1, 0.15) is 11.6 Å². The van der Waals surface area contributed by atoms with Gasteiger partial charge >= 0.3 is 0 Å². The van der Waals surface area contributed by atoms with Crippen LogP contribution in [-0.2, 0) is 18.6 Å². The van der Waals surface area contributed by atoms with Crippen molar-refractivity contribution < 1.29 is 0 Å². The molecule has 1 N–H and O–H groups in total. The average Bonchev–Trinajstić information content (AvgIpc) is 2.37. The summed E-state index contributed by atoms with van der Waals surface area (Å²) in [4.78, 5) is 9.46. The van der Waals surface area contributed by atoms with Crippen molar-refractivity contribution in [2.75, 3.05) is 11.9 Å². The van der Waals surface area contributed by atoms with Gasteiger partial charge in [-0.15, -0.1) is 0 Å². The van der Waals surface area contributed by atoms with E-state index < -0.39 is 0 Å². The second-order valence-electron chi connectivity index (χ2n) is 5.01. The highest BCUT2D eigenvalue weighted by atomic mass is 32.2. The Bertz CT molecular complexity index is 404. The van der Waals surface area contributed by atoms with E-state index in [0.717, 1.165) is 36.8 Å². The van der Waals surface area contributed by atoms with Crippen LogP contribution in [0, 0.1) is 0 Å². The van der Waals surface area contributed by atoms with E-state index in [1.807, 2.05) is 11.8 Å². The van der Waals surface area contributed by atoms with Crippen LogP contribution in [0.1, 0.15) is 50.7 Å². The SMILES string of the molecule is CCNc1nc(CSC(C)C)nc2c1CCCC2. The van der Waals surface area contributed by atoms with Crippen molar-refractivity contribution in [2.45, 2.75) is 57.5 Å². The van der Waals surface area contributed by atoms with Gasteiger partial charge in [-0.25, -0.2) is 9.97 Å². The summed E-state index contributed by atoms with van der Waals surface area (Å²) in [5, 5.41) is 4.04. The lowest BCUT2D eigenvalue weighted by Gasteiger charge is -2.19. The van der Waals surface area contributed by atoms with E-state index in [0.29, 0.717) is 5.25 Å². The quantitative estimate of drug-likeness (QED) is 0.885. The molecule has 1 aliphatic rings. The normalized spacial score (nSPS) is 14.7. The van der Waals surface area contributed by atoms with E-state index in [4.69, 9.17) is 9.97 Å². The Labute approximate surface area is 114 Å². The first-order chi connectivity index (χ1) is 8.70. The number of nitrogens with zero attached hydrogens (tertiary/aromatic N) is 2. The molecule has 18 heavy (non-hydrogen) atoms. The lowest BCUT2D eigenvalue weighted by atomic mass is 9.96. The smallest absolute Gasteiger partial charge is 0.140 e. The Morgan fingerprint density at radius 3 is 2.72 bits per heavy atom. The molecule has 1 aliphatic carbocycles. The van der Waals surface area contributed by atoms with E-state index in [-0.39, 0.29) is 0 Å². The van der Waals surface area contributed by atoms with Gasteiger partial charge in [-0.05, 0) is 37.9 Å². The standard InChI is InChI=1S/C14H23N3S/c1-4-15-14-11-7-5-6-8-12(11)16-13(17-14)9-18-10(2)3/h10H,4-9H2,1-3H3,(H,15,16,17). The van der Waals surface area contributed by atoms with Crippen LogP contribution >= 0.6 is 11.8 Å². The molecule has 0 amide bonds. The number of fused-ring (bicyclic) bond motifs is 1. The van der Waals surface area contributed by atoms with Crippen LogP contribution in [0.15, 0.2) is 0 Å². The summed E-state index contributed by atoms with van der Waals surface area (Å²) >= 11 is 1.91. The Hall–Kier alpha value is -0.770. The molecule has 1 aromatic heterocycles. The van der Waals surface area contributed by atoms with Gasteiger partial charge in [-0.1, -0.05) is 13.8 Å². The number of aryl methyl sites for hydroxylation is 1. The Morgan fingerprint density at radius 2 is 2.00 bits per heavy atom. The molecule has 0 spiro atoms. The van der Waals surface area contributed by atoms with Gasteiger partial charge in [0.25, 0.3) is 0 Å². The summed E-state index contributed by atoms with van der Waals surface area (Å²) in [7, 11) is 0. The lowest BCUT2D eigenvalue weighted by molar-refractivity contribution is 0.659. The van der Waals surface area contributed by atoms with Crippen molar-refractivity contribution in [3.05, 3.63) is 17.1 Å². The molecule has 100 valence electrons. The summed E-state index contributed by atoms with van der Waals surface area (Å²) in [5.41, 5.74) is 2.65. The molecule has 3 nitrogen and oxygen atoms in total. The minimum atomic E-state index is 0.632. The van der Waals surface area contributed by atoms with Crippen LogP contribution < -0.4 is 5.32 Å². The number of hydrogen-bond donors (Lipinski definition) is 1. The first-order valence-electron chi connectivity index (χ1n) is 6.94. The van der Waals surface area contributed by atoms with Gasteiger partial charge in [0.2, 0.25) is 0 Å². The zero-order valence-electron chi connectivity index (χ0n) is 11.6. The summed E-state index contributed by atoms with van der Waals surface area (Å²) < 4.78 is 0. The van der Waals surface area contributed by atoms with Crippen molar-refractivity contribution in [1.82, 2.24) is 9.97 Å². The van der Waals surface area contributed by atoms with Crippen LogP contribution in [0.3, 0.4) is 0 Å². The van der Waals surface area contributed by atoms with Gasteiger partial charge in [-0.3, -0.25) is 0 Å². The van der Waals surface area contributed by atoms with Gasteiger partial charge in [0.05, 0.1) is 5.75 Å². The van der Waals surface area contributed by atoms with Crippen LogP contribution in [0.2, 0.25) is 0 Å². The summed E-state index contributed by atoms with van der Waals surface area (Å²) in [6.45, 7) is 7.49. The maximum absolute atomic E-state index is 4.76. The average molecular weight is 265 g/mol. The molecular weight excluding hydrogens is 242 g/mol. The zero-order valence-corrected chi connectivity index (χ0v) is 12.4. The van der Waals surface area contributed by atoms with E-state index >= 15 is 0 Å². The molecular formula is C14H23N3S. The Kier molecular flexibility index (Phi) is 4.87. The van der Waals surface area contributed by atoms with E-state index in [2.05, 4.69) is 26.1 Å². The summed E-state index contributed by atoms with van der Waals surface area (Å²) in [6, 6.07) is 0. The fourth-order valence-corrected chi connectivity index (χ4v) is 2.88. The predicted molar refractivity (Wildman–Crippen MR) is 79.3 cm³/mol. The molecule has 0 bridgehead atoms. The van der Waals surface area contributed by atoms with Crippen LogP contribution in [0.5, 0.6) is 0 Å². The number of hydrogen-bond acceptors (Lipinski definition) is 4. The molecule has 0 atom stereocenters. The predicted octanol–water partition coefficient (Wildman–Crippen LogP) is 3.43. The molecule has 2 rings (SSSR count).